The number of Topliss-reactive ketones (excluding diaryl/α,β-unsaturated/α-hetero) is 3. The first-order chi connectivity index (χ1) is 29.1. The van der Waals surface area contributed by atoms with Gasteiger partial charge in [0.2, 0.25) is 11.6 Å². The Kier molecular flexibility index (Phi) is 14.2. The second-order valence-electron chi connectivity index (χ2n) is 16.6. The van der Waals surface area contributed by atoms with Gasteiger partial charge in [-0.3, -0.25) is 24.0 Å². The molecule has 62 heavy (non-hydrogen) atoms. The van der Waals surface area contributed by atoms with Crippen LogP contribution < -0.4 is 14.8 Å². The maximum absolute atomic E-state index is 14.8. The average Bonchev–Trinajstić information content (AvgIpc) is 3.48. The number of methoxy groups -OCH3 is 1. The van der Waals surface area contributed by atoms with Gasteiger partial charge >= 0.3 is 17.7 Å². The standard InChI is InChI=1S/C47H56N2O13/c1-22-16-18-30(19-17-22)46(57)61-42-28(7)43-34-32-33(42)39(53)35(36(40(32)54)49(10)11)48-45(56)24(3)15-13-14-23(2)37(51)26(5)38(52)27(6)41(60-29(8)50)25(4)31(58-12)20-21-59-47(9,62-43)44(34)55/h13-21,23,25-27,31,37-38,41,51-52H,1-12H3,(H,48,56). The van der Waals surface area contributed by atoms with E-state index in [9.17, 15) is 39.0 Å². The van der Waals surface area contributed by atoms with Crippen molar-refractivity contribution in [3.63, 3.8) is 0 Å². The Morgan fingerprint density at radius 3 is 2.10 bits per heavy atom. The number of likely N-dealkylation sites (N-methyl/N-ethyl adjacent to an activating group) is 1. The summed E-state index contributed by atoms with van der Waals surface area (Å²) in [5.74, 6) is -10.1. The molecular weight excluding hydrogens is 801 g/mol. The van der Waals surface area contributed by atoms with Gasteiger partial charge in [0.1, 0.15) is 29.0 Å². The molecule has 0 spiro atoms. The van der Waals surface area contributed by atoms with Crippen molar-refractivity contribution in [1.82, 2.24) is 10.2 Å². The van der Waals surface area contributed by atoms with Crippen LogP contribution in [0, 0.1) is 37.5 Å². The number of nitrogens with one attached hydrogen (secondary N) is 1. The van der Waals surface area contributed by atoms with Crippen LogP contribution >= 0.6 is 0 Å². The van der Waals surface area contributed by atoms with Crippen LogP contribution in [0.25, 0.3) is 0 Å². The number of fused-ring (bicyclic) bond motifs is 14. The lowest BCUT2D eigenvalue weighted by Gasteiger charge is -2.38. The monoisotopic (exact) mass is 856 g/mol. The molecule has 1 amide bonds. The summed E-state index contributed by atoms with van der Waals surface area (Å²) in [4.78, 5) is 85.4. The van der Waals surface area contributed by atoms with Crippen molar-refractivity contribution in [2.24, 2.45) is 23.7 Å². The van der Waals surface area contributed by atoms with Crippen LogP contribution in [0.5, 0.6) is 11.5 Å². The van der Waals surface area contributed by atoms with Gasteiger partial charge < -0.3 is 44.1 Å². The lowest BCUT2D eigenvalue weighted by molar-refractivity contribution is -0.160. The summed E-state index contributed by atoms with van der Waals surface area (Å²) in [5.41, 5.74) is -0.651. The molecule has 3 N–H and O–H groups in total. The number of aliphatic hydroxyl groups is 2. The minimum atomic E-state index is -2.14. The molecule has 0 radical (unpaired) electrons. The normalized spacial score (nSPS) is 28.2. The van der Waals surface area contributed by atoms with E-state index >= 15 is 0 Å². The number of amides is 1. The molecule has 2 aromatic carbocycles. The lowest BCUT2D eigenvalue weighted by atomic mass is 9.78. The van der Waals surface area contributed by atoms with Crippen LogP contribution in [0.1, 0.15) is 101 Å². The molecule has 0 saturated heterocycles. The first-order valence-electron chi connectivity index (χ1n) is 20.4. The summed E-state index contributed by atoms with van der Waals surface area (Å²) in [5, 5.41) is 25.5. The van der Waals surface area contributed by atoms with Crippen LogP contribution in [0.2, 0.25) is 0 Å². The van der Waals surface area contributed by atoms with Crippen molar-refractivity contribution < 1.29 is 62.7 Å². The predicted octanol–water partition coefficient (Wildman–Crippen LogP) is 5.34. The fraction of sp³-hybridized carbons (Fsp3) is 0.447. The molecule has 15 heteroatoms. The van der Waals surface area contributed by atoms with E-state index in [1.54, 1.807) is 52.0 Å². The molecule has 0 fully saturated rings. The van der Waals surface area contributed by atoms with Gasteiger partial charge in [0.05, 0.1) is 46.8 Å². The van der Waals surface area contributed by atoms with E-state index in [0.717, 1.165) is 5.56 Å². The Morgan fingerprint density at radius 1 is 0.855 bits per heavy atom. The SMILES string of the molecule is COC1C=COC2(C)Oc3c(C)c(OC(=O)c4ccc(C)cc4)c4c(c3C2=O)C(=O)C(N(C)C)=C(NC(=O)C(C)=CC=CC(C)C(O)C(C)C(O)C(C)C(OC(C)=O)C1C)C4=O. The third-order valence-corrected chi connectivity index (χ3v) is 11.8. The second kappa shape index (κ2) is 18.6. The molecule has 4 aliphatic rings. The summed E-state index contributed by atoms with van der Waals surface area (Å²) in [7, 11) is 4.40. The van der Waals surface area contributed by atoms with E-state index in [1.807, 2.05) is 6.92 Å². The summed E-state index contributed by atoms with van der Waals surface area (Å²) in [6, 6.07) is 6.47. The molecule has 9 unspecified atom stereocenters. The molecule has 3 heterocycles. The highest BCUT2D eigenvalue weighted by molar-refractivity contribution is 6.32. The number of allylic oxidation sites excluding steroid dienone is 4. The molecule has 332 valence electrons. The molecule has 9 atom stereocenters. The first kappa shape index (κ1) is 47.2. The Bertz CT molecular complexity index is 2290. The van der Waals surface area contributed by atoms with Gasteiger partial charge in [0.25, 0.3) is 11.7 Å². The van der Waals surface area contributed by atoms with E-state index < -0.39 is 106 Å². The Balaban J connectivity index is 1.72. The van der Waals surface area contributed by atoms with Gasteiger partial charge in [-0.2, -0.15) is 0 Å². The number of hydrogen-bond donors (Lipinski definition) is 3. The van der Waals surface area contributed by atoms with Crippen molar-refractivity contribution in [2.45, 2.75) is 92.5 Å². The molecule has 3 aliphatic heterocycles. The van der Waals surface area contributed by atoms with E-state index in [0.29, 0.717) is 0 Å². The largest absolute Gasteiger partial charge is 0.462 e. The fourth-order valence-electron chi connectivity index (χ4n) is 8.06. The highest BCUT2D eigenvalue weighted by atomic mass is 16.7. The number of carbonyl (C=O) groups excluding carboxylic acids is 6. The molecule has 6 rings (SSSR count). The predicted molar refractivity (Wildman–Crippen MR) is 226 cm³/mol. The number of nitrogens with zero attached hydrogens (tertiary/aromatic N) is 1. The Labute approximate surface area is 361 Å². The number of ketones is 3. The Hall–Kier alpha value is -5.90. The number of aryl methyl sites for hydroxylation is 1. The smallest absolute Gasteiger partial charge is 0.343 e. The third-order valence-electron chi connectivity index (χ3n) is 11.8. The topological polar surface area (TPSA) is 204 Å². The molecule has 0 aromatic heterocycles. The van der Waals surface area contributed by atoms with E-state index in [4.69, 9.17) is 23.7 Å². The van der Waals surface area contributed by atoms with Crippen LogP contribution in [0.15, 0.2) is 71.8 Å². The van der Waals surface area contributed by atoms with Crippen molar-refractivity contribution in [3.8, 4) is 11.5 Å². The quantitative estimate of drug-likeness (QED) is 0.257. The number of rotatable bonds is 5. The van der Waals surface area contributed by atoms with E-state index in [1.165, 1.54) is 84.3 Å². The van der Waals surface area contributed by atoms with Crippen LogP contribution in [0.4, 0.5) is 0 Å². The minimum Gasteiger partial charge on any atom is -0.462 e. The van der Waals surface area contributed by atoms with Crippen molar-refractivity contribution in [2.75, 3.05) is 21.2 Å². The van der Waals surface area contributed by atoms with Gasteiger partial charge in [-0.25, -0.2) is 4.79 Å². The fourth-order valence-corrected chi connectivity index (χ4v) is 8.06. The first-order valence-corrected chi connectivity index (χ1v) is 20.4. The van der Waals surface area contributed by atoms with Crippen molar-refractivity contribution in [1.29, 1.82) is 0 Å². The minimum absolute atomic E-state index is 0.0291. The zero-order chi connectivity index (χ0) is 46.1. The Morgan fingerprint density at radius 2 is 1.50 bits per heavy atom. The number of esters is 2. The molecule has 5 bridgehead atoms. The van der Waals surface area contributed by atoms with E-state index in [-0.39, 0.29) is 39.5 Å². The zero-order valence-electron chi connectivity index (χ0n) is 37.1. The number of ether oxygens (including phenoxy) is 5. The zero-order valence-corrected chi connectivity index (χ0v) is 37.1. The molecular formula is C47H56N2O13. The number of carbonyl (C=O) groups is 6. The lowest BCUT2D eigenvalue weighted by Crippen LogP contribution is -2.46. The van der Waals surface area contributed by atoms with Gasteiger partial charge in [-0.05, 0) is 39.0 Å². The van der Waals surface area contributed by atoms with Crippen LogP contribution in [0.3, 0.4) is 0 Å². The summed E-state index contributed by atoms with van der Waals surface area (Å²) in [6.07, 6.45) is 3.29. The highest BCUT2D eigenvalue weighted by Gasteiger charge is 2.53. The van der Waals surface area contributed by atoms with Gasteiger partial charge in [-0.1, -0.05) is 63.6 Å². The maximum Gasteiger partial charge on any atom is 0.343 e. The van der Waals surface area contributed by atoms with Gasteiger partial charge in [0.15, 0.2) is 0 Å². The molecule has 1 aliphatic carbocycles. The molecule has 2 aromatic rings. The second-order valence-corrected chi connectivity index (χ2v) is 16.6. The van der Waals surface area contributed by atoms with Gasteiger partial charge in [0, 0.05) is 69.9 Å². The number of hydrogen-bond acceptors (Lipinski definition) is 14. The van der Waals surface area contributed by atoms with Crippen molar-refractivity contribution in [3.05, 3.63) is 105 Å². The summed E-state index contributed by atoms with van der Waals surface area (Å²) >= 11 is 0. The van der Waals surface area contributed by atoms with E-state index in [2.05, 4.69) is 5.32 Å². The molecule has 15 nitrogen and oxygen atoms in total. The molecule has 0 saturated carbocycles. The van der Waals surface area contributed by atoms with Gasteiger partial charge in [-0.15, -0.1) is 0 Å². The maximum atomic E-state index is 14.8. The highest BCUT2D eigenvalue weighted by Crippen LogP contribution is 2.49. The van der Waals surface area contributed by atoms with Crippen LogP contribution in [-0.2, 0) is 23.8 Å². The van der Waals surface area contributed by atoms with Crippen molar-refractivity contribution >= 4 is 35.2 Å². The number of benzene rings is 2. The summed E-state index contributed by atoms with van der Waals surface area (Å²) in [6.45, 7) is 14.2. The summed E-state index contributed by atoms with van der Waals surface area (Å²) < 4.78 is 29.7. The third kappa shape index (κ3) is 9.01. The number of aliphatic hydroxyl groups excluding tert-OH is 2. The van der Waals surface area contributed by atoms with Crippen LogP contribution in [-0.4, -0.2) is 102 Å². The average molecular weight is 857 g/mol.